The molecular formula is C14H25NO4. The number of carbonyl (C=O) groups is 2. The number of carbonyl (C=O) groups excluding carboxylic acids is 2. The first-order chi connectivity index (χ1) is 8.80. The first-order valence-corrected chi connectivity index (χ1v) is 6.88. The molecule has 0 aromatic rings. The van der Waals surface area contributed by atoms with Crippen molar-refractivity contribution in [1.29, 1.82) is 0 Å². The summed E-state index contributed by atoms with van der Waals surface area (Å²) < 4.78 is 5.14. The van der Waals surface area contributed by atoms with Gasteiger partial charge in [0.05, 0.1) is 6.61 Å². The van der Waals surface area contributed by atoms with Crippen LogP contribution in [0.3, 0.4) is 0 Å². The minimum absolute atomic E-state index is 0.382. The maximum atomic E-state index is 11.8. The maximum absolute atomic E-state index is 11.8. The highest BCUT2D eigenvalue weighted by Gasteiger charge is 2.36. The van der Waals surface area contributed by atoms with Crippen LogP contribution in [0, 0.1) is 5.92 Å². The summed E-state index contributed by atoms with van der Waals surface area (Å²) in [4.78, 5) is 23.1. The predicted octanol–water partition coefficient (Wildman–Crippen LogP) is 2.02. The van der Waals surface area contributed by atoms with Gasteiger partial charge in [-0.1, -0.05) is 25.7 Å². The van der Waals surface area contributed by atoms with Crippen molar-refractivity contribution in [2.45, 2.75) is 64.0 Å². The molecule has 1 amide bonds. The van der Waals surface area contributed by atoms with Crippen LogP contribution in [0.25, 0.3) is 0 Å². The number of aliphatic hydroxyl groups is 1. The number of rotatable bonds is 5. The monoisotopic (exact) mass is 271 g/mol. The largest absolute Gasteiger partial charge is 0.444 e. The number of aliphatic hydroxyl groups excluding tert-OH is 1. The van der Waals surface area contributed by atoms with Gasteiger partial charge in [-0.2, -0.15) is 0 Å². The minimum Gasteiger partial charge on any atom is -0.444 e. The molecule has 1 atom stereocenters. The average molecular weight is 271 g/mol. The molecule has 0 aliphatic heterocycles. The van der Waals surface area contributed by atoms with Crippen LogP contribution in [0.15, 0.2) is 0 Å². The van der Waals surface area contributed by atoms with Gasteiger partial charge in [-0.15, -0.1) is 0 Å². The van der Waals surface area contributed by atoms with Crippen LogP contribution in [-0.4, -0.2) is 35.2 Å². The highest BCUT2D eigenvalue weighted by atomic mass is 16.6. The smallest absolute Gasteiger partial charge is 0.408 e. The quantitative estimate of drug-likeness (QED) is 0.750. The summed E-state index contributed by atoms with van der Waals surface area (Å²) in [7, 11) is 0. The SMILES string of the molecule is CC(C)(C)OC(=O)N[C@@](C=O)(CO)CC1CCCC1. The van der Waals surface area contributed by atoms with Gasteiger partial charge in [0.1, 0.15) is 17.4 Å². The Balaban J connectivity index is 2.64. The molecule has 1 fully saturated rings. The fourth-order valence-electron chi connectivity index (χ4n) is 2.51. The first kappa shape index (κ1) is 16.0. The van der Waals surface area contributed by atoms with E-state index in [1.807, 2.05) is 0 Å². The van der Waals surface area contributed by atoms with Gasteiger partial charge in [0, 0.05) is 0 Å². The Bertz CT molecular complexity index is 318. The molecule has 0 saturated heterocycles. The fraction of sp³-hybridized carbons (Fsp3) is 0.857. The van der Waals surface area contributed by atoms with Crippen molar-refractivity contribution in [1.82, 2.24) is 5.32 Å². The number of alkyl carbamates (subject to hydrolysis) is 1. The van der Waals surface area contributed by atoms with Gasteiger partial charge >= 0.3 is 6.09 Å². The van der Waals surface area contributed by atoms with Crippen LogP contribution in [0.1, 0.15) is 52.9 Å². The van der Waals surface area contributed by atoms with Crippen molar-refractivity contribution in [2.75, 3.05) is 6.61 Å². The van der Waals surface area contributed by atoms with E-state index in [9.17, 15) is 14.7 Å². The van der Waals surface area contributed by atoms with Crippen molar-refractivity contribution in [3.8, 4) is 0 Å². The van der Waals surface area contributed by atoms with Crippen molar-refractivity contribution in [2.24, 2.45) is 5.92 Å². The number of aldehydes is 1. The normalized spacial score (nSPS) is 19.8. The zero-order valence-corrected chi connectivity index (χ0v) is 12.1. The topological polar surface area (TPSA) is 75.6 Å². The summed E-state index contributed by atoms with van der Waals surface area (Å²) in [6.07, 6.45) is 4.85. The minimum atomic E-state index is -1.21. The van der Waals surface area contributed by atoms with Gasteiger partial charge in [0.15, 0.2) is 0 Å². The zero-order chi connectivity index (χ0) is 14.5. The Morgan fingerprint density at radius 1 is 1.37 bits per heavy atom. The Labute approximate surface area is 114 Å². The van der Waals surface area contributed by atoms with Gasteiger partial charge in [0.25, 0.3) is 0 Å². The van der Waals surface area contributed by atoms with Gasteiger partial charge in [0.2, 0.25) is 0 Å². The van der Waals surface area contributed by atoms with Crippen LogP contribution in [-0.2, 0) is 9.53 Å². The summed E-state index contributed by atoms with van der Waals surface area (Å²) in [6.45, 7) is 4.87. The number of hydrogen-bond acceptors (Lipinski definition) is 4. The van der Waals surface area contributed by atoms with Crippen LogP contribution in [0.2, 0.25) is 0 Å². The average Bonchev–Trinajstić information content (AvgIpc) is 2.78. The van der Waals surface area contributed by atoms with Gasteiger partial charge in [-0.25, -0.2) is 4.79 Å². The van der Waals surface area contributed by atoms with Gasteiger partial charge in [-0.3, -0.25) is 0 Å². The zero-order valence-electron chi connectivity index (χ0n) is 12.1. The van der Waals surface area contributed by atoms with Crippen LogP contribution in [0.4, 0.5) is 4.79 Å². The molecule has 0 heterocycles. The van der Waals surface area contributed by atoms with E-state index in [1.165, 1.54) is 0 Å². The standard InChI is InChI=1S/C14H25NO4/c1-13(2,3)19-12(18)15-14(9-16,10-17)8-11-6-4-5-7-11/h9,11,17H,4-8,10H2,1-3H3,(H,15,18)/t14-/m0/s1. The number of ether oxygens (including phenoxy) is 1. The summed E-state index contributed by atoms with van der Waals surface area (Å²) in [5, 5.41) is 12.0. The third-order valence-electron chi connectivity index (χ3n) is 3.39. The number of hydrogen-bond donors (Lipinski definition) is 2. The molecule has 110 valence electrons. The second kappa shape index (κ2) is 6.37. The second-order valence-corrected chi connectivity index (χ2v) is 6.41. The first-order valence-electron chi connectivity index (χ1n) is 6.88. The van der Waals surface area contributed by atoms with E-state index in [0.29, 0.717) is 18.6 Å². The lowest BCUT2D eigenvalue weighted by molar-refractivity contribution is -0.115. The molecule has 0 aromatic heterocycles. The van der Waals surface area contributed by atoms with Crippen molar-refractivity contribution >= 4 is 12.4 Å². The summed E-state index contributed by atoms with van der Waals surface area (Å²) in [6, 6.07) is 0. The van der Waals surface area contributed by atoms with Gasteiger partial charge < -0.3 is 20.0 Å². The highest BCUT2D eigenvalue weighted by molar-refractivity contribution is 5.76. The fourth-order valence-corrected chi connectivity index (χ4v) is 2.51. The van der Waals surface area contributed by atoms with E-state index in [4.69, 9.17) is 4.74 Å². The molecule has 0 spiro atoms. The number of nitrogens with one attached hydrogen (secondary N) is 1. The molecular weight excluding hydrogens is 246 g/mol. The van der Waals surface area contributed by atoms with Crippen molar-refractivity contribution in [3.63, 3.8) is 0 Å². The summed E-state index contributed by atoms with van der Waals surface area (Å²) >= 11 is 0. The molecule has 5 heteroatoms. The molecule has 2 N–H and O–H groups in total. The third-order valence-corrected chi connectivity index (χ3v) is 3.39. The molecule has 1 aliphatic carbocycles. The van der Waals surface area contributed by atoms with Crippen LogP contribution in [0.5, 0.6) is 0 Å². The maximum Gasteiger partial charge on any atom is 0.408 e. The molecule has 0 bridgehead atoms. The Morgan fingerprint density at radius 2 is 1.95 bits per heavy atom. The van der Waals surface area contributed by atoms with Crippen LogP contribution >= 0.6 is 0 Å². The molecule has 1 saturated carbocycles. The molecule has 1 aliphatic rings. The lowest BCUT2D eigenvalue weighted by Gasteiger charge is -2.31. The predicted molar refractivity (Wildman–Crippen MR) is 71.8 cm³/mol. The lowest BCUT2D eigenvalue weighted by Crippen LogP contribution is -2.54. The molecule has 0 unspecified atom stereocenters. The molecule has 0 aromatic carbocycles. The van der Waals surface area contributed by atoms with E-state index in [2.05, 4.69) is 5.32 Å². The summed E-state index contributed by atoms with van der Waals surface area (Å²) in [5.74, 6) is 0.382. The number of amides is 1. The van der Waals surface area contributed by atoms with E-state index in [-0.39, 0.29) is 0 Å². The van der Waals surface area contributed by atoms with E-state index in [0.717, 1.165) is 25.7 Å². The van der Waals surface area contributed by atoms with Gasteiger partial charge in [-0.05, 0) is 33.1 Å². The van der Waals surface area contributed by atoms with Crippen molar-refractivity contribution in [3.05, 3.63) is 0 Å². The van der Waals surface area contributed by atoms with E-state index >= 15 is 0 Å². The molecule has 5 nitrogen and oxygen atoms in total. The Kier molecular flexibility index (Phi) is 5.35. The molecule has 1 rings (SSSR count). The highest BCUT2D eigenvalue weighted by Crippen LogP contribution is 2.31. The second-order valence-electron chi connectivity index (χ2n) is 6.41. The van der Waals surface area contributed by atoms with Crippen LogP contribution < -0.4 is 5.32 Å². The summed E-state index contributed by atoms with van der Waals surface area (Å²) in [5.41, 5.74) is -1.83. The van der Waals surface area contributed by atoms with E-state index < -0.39 is 23.8 Å². The molecule has 0 radical (unpaired) electrons. The molecule has 19 heavy (non-hydrogen) atoms. The lowest BCUT2D eigenvalue weighted by atomic mass is 9.88. The van der Waals surface area contributed by atoms with E-state index in [1.54, 1.807) is 20.8 Å². The Morgan fingerprint density at radius 3 is 2.37 bits per heavy atom. The third kappa shape index (κ3) is 5.19. The Hall–Kier alpha value is -1.10. The van der Waals surface area contributed by atoms with Crippen molar-refractivity contribution < 1.29 is 19.4 Å².